The Balaban J connectivity index is 2.45. The number of thiazole rings is 1. The minimum Gasteiger partial charge on any atom is -0.481 e. The Labute approximate surface area is 207 Å². The molecule has 4 N–H and O–H groups in total. The lowest BCUT2D eigenvalue weighted by Crippen LogP contribution is -2.45. The third-order valence-corrected chi connectivity index (χ3v) is 7.23. The molecule has 0 spiro atoms. The predicted octanol–water partition coefficient (Wildman–Crippen LogP) is 4.40. The van der Waals surface area contributed by atoms with Gasteiger partial charge in [0.1, 0.15) is 5.78 Å². The van der Waals surface area contributed by atoms with E-state index in [0.717, 1.165) is 29.1 Å². The van der Waals surface area contributed by atoms with Gasteiger partial charge in [-0.1, -0.05) is 39.8 Å². The van der Waals surface area contributed by atoms with Gasteiger partial charge in [0.2, 0.25) is 0 Å². The molecule has 0 fully saturated rings. The molecule has 0 unspecified atom stereocenters. The van der Waals surface area contributed by atoms with Crippen LogP contribution in [0.3, 0.4) is 0 Å². The number of carbonyl (C=O) groups is 2. The largest absolute Gasteiger partial charge is 0.481 e. The number of unbranched alkanes of at least 4 members (excludes halogenated alkanes) is 1. The van der Waals surface area contributed by atoms with Crippen LogP contribution in [0.25, 0.3) is 6.08 Å². The van der Waals surface area contributed by atoms with Crippen LogP contribution >= 0.6 is 11.3 Å². The molecule has 5 atom stereocenters. The number of aliphatic carboxylic acids is 1. The summed E-state index contributed by atoms with van der Waals surface area (Å²) in [5.74, 6) is -2.35. The molecule has 34 heavy (non-hydrogen) atoms. The molecule has 0 radical (unpaired) electrons. The van der Waals surface area contributed by atoms with Crippen LogP contribution in [0.15, 0.2) is 23.1 Å². The van der Waals surface area contributed by atoms with E-state index in [9.17, 15) is 24.9 Å². The molecule has 0 saturated carbocycles. The molecular formula is C26H41NO6S. The molecule has 0 bridgehead atoms. The monoisotopic (exact) mass is 495 g/mol. The minimum absolute atomic E-state index is 0.128. The molecule has 0 aromatic carbocycles. The lowest BCUT2D eigenvalue weighted by molar-refractivity contribution is -0.147. The Morgan fingerprint density at radius 3 is 2.38 bits per heavy atom. The van der Waals surface area contributed by atoms with E-state index in [2.05, 4.69) is 4.98 Å². The highest BCUT2D eigenvalue weighted by atomic mass is 32.1. The highest BCUT2D eigenvalue weighted by molar-refractivity contribution is 7.09. The Kier molecular flexibility index (Phi) is 12.3. The average molecular weight is 496 g/mol. The summed E-state index contributed by atoms with van der Waals surface area (Å²) >= 11 is 1.58. The molecule has 0 amide bonds. The number of ketones is 1. The zero-order valence-electron chi connectivity index (χ0n) is 21.2. The van der Waals surface area contributed by atoms with Gasteiger partial charge in [0.05, 0.1) is 40.8 Å². The van der Waals surface area contributed by atoms with Gasteiger partial charge in [0, 0.05) is 11.3 Å². The lowest BCUT2D eigenvalue weighted by atomic mass is 9.73. The average Bonchev–Trinajstić information content (AvgIpc) is 3.17. The van der Waals surface area contributed by atoms with E-state index in [1.54, 1.807) is 18.3 Å². The van der Waals surface area contributed by atoms with Crippen LogP contribution in [-0.2, 0) is 9.59 Å². The standard InChI is InChI=1S/C26H41NO6S/c1-16(24(32)18(3)25(33)26(5,6)22(29)14-23(30)31)11-9-7-8-10-12-21(28)17(2)13-20-15-34-19(4)27-20/h8,10,13,15-16,18,21-22,24,28-29,32H,7,9,11-12,14H2,1-6H3,(H,30,31)/b10-8-,17-13+/t16-,18+,21-,22-,24-/m0/s1. The summed E-state index contributed by atoms with van der Waals surface area (Å²) in [6, 6.07) is 0. The number of aliphatic hydroxyl groups excluding tert-OH is 3. The summed E-state index contributed by atoms with van der Waals surface area (Å²) in [7, 11) is 0. The molecule has 1 aromatic heterocycles. The zero-order valence-corrected chi connectivity index (χ0v) is 22.0. The third-order valence-electron chi connectivity index (χ3n) is 6.44. The first-order valence-corrected chi connectivity index (χ1v) is 12.7. The van der Waals surface area contributed by atoms with Crippen LogP contribution < -0.4 is 0 Å². The van der Waals surface area contributed by atoms with Crippen molar-refractivity contribution in [3.05, 3.63) is 33.8 Å². The van der Waals surface area contributed by atoms with E-state index in [4.69, 9.17) is 5.11 Å². The highest BCUT2D eigenvalue weighted by Gasteiger charge is 2.41. The van der Waals surface area contributed by atoms with Crippen molar-refractivity contribution in [2.75, 3.05) is 0 Å². The number of hydrogen-bond donors (Lipinski definition) is 4. The molecule has 7 nitrogen and oxygen atoms in total. The van der Waals surface area contributed by atoms with Gasteiger partial charge in [-0.25, -0.2) is 4.98 Å². The van der Waals surface area contributed by atoms with E-state index in [0.29, 0.717) is 12.8 Å². The SMILES string of the molecule is C/C(=C\c1csc(C)n1)[C@@H](O)C/C=C\CCC[C@H](C)[C@H](O)[C@@H](C)C(=O)C(C)(C)[C@@H](O)CC(=O)O. The van der Waals surface area contributed by atoms with Gasteiger partial charge in [-0.05, 0) is 57.1 Å². The Hall–Kier alpha value is -1.87. The molecule has 1 aromatic rings. The molecular weight excluding hydrogens is 454 g/mol. The van der Waals surface area contributed by atoms with Gasteiger partial charge in [-0.2, -0.15) is 0 Å². The van der Waals surface area contributed by atoms with Crippen LogP contribution in [-0.4, -0.2) is 55.5 Å². The number of carboxylic acid groups (broad SMARTS) is 1. The minimum atomic E-state index is -1.31. The summed E-state index contributed by atoms with van der Waals surface area (Å²) in [6.45, 7) is 10.4. The first-order chi connectivity index (χ1) is 15.8. The maximum Gasteiger partial charge on any atom is 0.306 e. The number of nitrogens with zero attached hydrogens (tertiary/aromatic N) is 1. The summed E-state index contributed by atoms with van der Waals surface area (Å²) in [4.78, 5) is 28.1. The van der Waals surface area contributed by atoms with Crippen LogP contribution in [0.2, 0.25) is 0 Å². The number of allylic oxidation sites excluding steroid dienone is 1. The van der Waals surface area contributed by atoms with E-state index < -0.39 is 42.0 Å². The normalized spacial score (nSPS) is 17.4. The fourth-order valence-corrected chi connectivity index (χ4v) is 4.42. The molecule has 192 valence electrons. The number of hydrogen-bond acceptors (Lipinski definition) is 7. The number of rotatable bonds is 15. The lowest BCUT2D eigenvalue weighted by Gasteiger charge is -2.34. The van der Waals surface area contributed by atoms with Crippen LogP contribution in [0.1, 0.15) is 77.4 Å². The highest BCUT2D eigenvalue weighted by Crippen LogP contribution is 2.31. The summed E-state index contributed by atoms with van der Waals surface area (Å²) in [6.07, 6.45) is 5.44. The molecule has 8 heteroatoms. The smallest absolute Gasteiger partial charge is 0.306 e. The summed E-state index contributed by atoms with van der Waals surface area (Å²) in [5.41, 5.74) is 0.470. The van der Waals surface area contributed by atoms with Crippen molar-refractivity contribution in [1.29, 1.82) is 0 Å². The third kappa shape index (κ3) is 9.41. The summed E-state index contributed by atoms with van der Waals surface area (Å²) in [5, 5.41) is 43.0. The second-order valence-electron chi connectivity index (χ2n) is 9.79. The van der Waals surface area contributed by atoms with Crippen molar-refractivity contribution in [3.8, 4) is 0 Å². The second kappa shape index (κ2) is 13.9. The molecule has 1 rings (SSSR count). The topological polar surface area (TPSA) is 128 Å². The van der Waals surface area contributed by atoms with Crippen molar-refractivity contribution < 1.29 is 30.0 Å². The molecule has 1 heterocycles. The fourth-order valence-electron chi connectivity index (χ4n) is 3.85. The maximum atomic E-state index is 12.8. The number of carbonyl (C=O) groups excluding carboxylic acids is 1. The van der Waals surface area contributed by atoms with Gasteiger partial charge < -0.3 is 20.4 Å². The number of carboxylic acids is 1. The van der Waals surface area contributed by atoms with E-state index >= 15 is 0 Å². The fraction of sp³-hybridized carbons (Fsp3) is 0.654. The Morgan fingerprint density at radius 2 is 1.82 bits per heavy atom. The number of Topliss-reactive ketones (excluding diaryl/α,β-unsaturated/α-hetero) is 1. The van der Waals surface area contributed by atoms with Crippen molar-refractivity contribution in [1.82, 2.24) is 4.98 Å². The van der Waals surface area contributed by atoms with Crippen molar-refractivity contribution in [3.63, 3.8) is 0 Å². The molecule has 0 aliphatic carbocycles. The first kappa shape index (κ1) is 30.2. The maximum absolute atomic E-state index is 12.8. The Morgan fingerprint density at radius 1 is 1.18 bits per heavy atom. The first-order valence-electron chi connectivity index (χ1n) is 11.8. The van der Waals surface area contributed by atoms with Crippen molar-refractivity contribution in [2.45, 2.75) is 92.0 Å². The van der Waals surface area contributed by atoms with E-state index in [-0.39, 0.29) is 11.7 Å². The van der Waals surface area contributed by atoms with Crippen LogP contribution in [0.5, 0.6) is 0 Å². The van der Waals surface area contributed by atoms with Crippen LogP contribution in [0.4, 0.5) is 0 Å². The summed E-state index contributed by atoms with van der Waals surface area (Å²) < 4.78 is 0. The van der Waals surface area contributed by atoms with Crippen molar-refractivity contribution >= 4 is 29.2 Å². The van der Waals surface area contributed by atoms with Crippen LogP contribution in [0, 0.1) is 24.2 Å². The molecule has 0 aliphatic rings. The zero-order chi connectivity index (χ0) is 26.1. The predicted molar refractivity (Wildman–Crippen MR) is 135 cm³/mol. The van der Waals surface area contributed by atoms with Gasteiger partial charge in [0.15, 0.2) is 0 Å². The molecule has 0 saturated heterocycles. The second-order valence-corrected chi connectivity index (χ2v) is 10.9. The van der Waals surface area contributed by atoms with Gasteiger partial charge in [-0.3, -0.25) is 9.59 Å². The molecule has 0 aliphatic heterocycles. The Bertz CT molecular complexity index is 859. The van der Waals surface area contributed by atoms with Gasteiger partial charge in [0.25, 0.3) is 0 Å². The van der Waals surface area contributed by atoms with E-state index in [1.165, 1.54) is 13.8 Å². The number of aromatic nitrogens is 1. The van der Waals surface area contributed by atoms with Gasteiger partial charge >= 0.3 is 5.97 Å². The quantitative estimate of drug-likeness (QED) is 0.210. The number of aryl methyl sites for hydroxylation is 1. The van der Waals surface area contributed by atoms with E-state index in [1.807, 2.05) is 44.4 Å². The van der Waals surface area contributed by atoms with Crippen molar-refractivity contribution in [2.24, 2.45) is 17.3 Å². The number of aliphatic hydroxyl groups is 3. The van der Waals surface area contributed by atoms with Gasteiger partial charge in [-0.15, -0.1) is 11.3 Å².